The van der Waals surface area contributed by atoms with E-state index in [0.29, 0.717) is 12.5 Å². The minimum absolute atomic E-state index is 0.0518. The Labute approximate surface area is 91.5 Å². The largest absolute Gasteiger partial charge is 0.378 e. The van der Waals surface area contributed by atoms with Crippen molar-refractivity contribution in [1.29, 1.82) is 0 Å². The number of carbonyl (C=O) groups excluding carboxylic acids is 1. The third-order valence-corrected chi connectivity index (χ3v) is 3.09. The lowest BCUT2D eigenvalue weighted by molar-refractivity contribution is -0.123. The third kappa shape index (κ3) is 3.47. The predicted octanol–water partition coefficient (Wildman–Crippen LogP) is 0.511. The molecule has 15 heavy (non-hydrogen) atoms. The van der Waals surface area contributed by atoms with Crippen molar-refractivity contribution in [3.8, 4) is 0 Å². The van der Waals surface area contributed by atoms with Crippen LogP contribution in [0.2, 0.25) is 0 Å². The van der Waals surface area contributed by atoms with E-state index in [9.17, 15) is 4.79 Å². The first-order valence-corrected chi connectivity index (χ1v) is 5.67. The summed E-state index contributed by atoms with van der Waals surface area (Å²) in [6.07, 6.45) is 1.28. The van der Waals surface area contributed by atoms with E-state index in [1.807, 2.05) is 20.8 Å². The van der Waals surface area contributed by atoms with Gasteiger partial charge < -0.3 is 15.8 Å². The quantitative estimate of drug-likeness (QED) is 0.716. The van der Waals surface area contributed by atoms with Crippen molar-refractivity contribution >= 4 is 5.91 Å². The lowest BCUT2D eigenvalue weighted by Crippen LogP contribution is -2.45. The minimum Gasteiger partial charge on any atom is -0.378 e. The van der Waals surface area contributed by atoms with Gasteiger partial charge in [-0.2, -0.15) is 0 Å². The number of nitrogens with one attached hydrogen (secondary N) is 1. The number of amides is 1. The molecule has 1 amide bonds. The van der Waals surface area contributed by atoms with E-state index >= 15 is 0 Å². The second-order valence-corrected chi connectivity index (χ2v) is 4.64. The molecule has 3 atom stereocenters. The van der Waals surface area contributed by atoms with Gasteiger partial charge in [0.05, 0.1) is 12.1 Å². The summed E-state index contributed by atoms with van der Waals surface area (Å²) < 4.78 is 5.42. The first-order chi connectivity index (χ1) is 7.02. The topological polar surface area (TPSA) is 64.3 Å². The van der Waals surface area contributed by atoms with E-state index in [4.69, 9.17) is 10.5 Å². The van der Waals surface area contributed by atoms with Crippen LogP contribution in [0, 0.1) is 11.8 Å². The van der Waals surface area contributed by atoms with Crippen LogP contribution in [-0.4, -0.2) is 31.2 Å². The lowest BCUT2D eigenvalue weighted by Gasteiger charge is -2.18. The molecule has 0 aliphatic carbocycles. The first kappa shape index (κ1) is 12.5. The van der Waals surface area contributed by atoms with E-state index in [-0.39, 0.29) is 17.9 Å². The maximum atomic E-state index is 11.6. The fourth-order valence-corrected chi connectivity index (χ4v) is 1.70. The number of rotatable bonds is 4. The fraction of sp³-hybridized carbons (Fsp3) is 0.909. The van der Waals surface area contributed by atoms with Crippen molar-refractivity contribution < 1.29 is 9.53 Å². The molecule has 4 nitrogen and oxygen atoms in total. The van der Waals surface area contributed by atoms with Gasteiger partial charge in [-0.3, -0.25) is 4.79 Å². The fourth-order valence-electron chi connectivity index (χ4n) is 1.70. The van der Waals surface area contributed by atoms with Crippen LogP contribution in [0.3, 0.4) is 0 Å². The molecule has 1 saturated heterocycles. The molecule has 0 aromatic carbocycles. The van der Waals surface area contributed by atoms with Gasteiger partial charge in [-0.25, -0.2) is 0 Å². The second kappa shape index (κ2) is 5.47. The van der Waals surface area contributed by atoms with Gasteiger partial charge in [0.15, 0.2) is 0 Å². The molecule has 2 unspecified atom stereocenters. The van der Waals surface area contributed by atoms with Gasteiger partial charge in [-0.1, -0.05) is 13.8 Å². The predicted molar refractivity (Wildman–Crippen MR) is 59.3 cm³/mol. The first-order valence-electron chi connectivity index (χ1n) is 5.67. The highest BCUT2D eigenvalue weighted by Gasteiger charge is 2.25. The average Bonchev–Trinajstić information content (AvgIpc) is 2.59. The van der Waals surface area contributed by atoms with Gasteiger partial charge in [0.1, 0.15) is 0 Å². The van der Waals surface area contributed by atoms with Crippen molar-refractivity contribution in [3.63, 3.8) is 0 Å². The van der Waals surface area contributed by atoms with Gasteiger partial charge in [0, 0.05) is 19.1 Å². The zero-order valence-corrected chi connectivity index (χ0v) is 9.82. The molecular formula is C11H22N2O2. The standard InChI is InChI=1S/C11H22N2O2/c1-7(2)10(12)11(14)13-6-9-4-5-15-8(9)3/h7-10H,4-6,12H2,1-3H3,(H,13,14)/t8?,9?,10-/m0/s1. The zero-order chi connectivity index (χ0) is 11.4. The summed E-state index contributed by atoms with van der Waals surface area (Å²) in [5.74, 6) is 0.569. The Morgan fingerprint density at radius 1 is 1.60 bits per heavy atom. The van der Waals surface area contributed by atoms with Gasteiger partial charge >= 0.3 is 0 Å². The lowest BCUT2D eigenvalue weighted by atomic mass is 10.0. The Balaban J connectivity index is 2.27. The van der Waals surface area contributed by atoms with Gasteiger partial charge in [-0.15, -0.1) is 0 Å². The van der Waals surface area contributed by atoms with Gasteiger partial charge in [-0.05, 0) is 19.3 Å². The molecule has 0 aromatic heterocycles. The molecular weight excluding hydrogens is 192 g/mol. The van der Waals surface area contributed by atoms with Gasteiger partial charge in [0.25, 0.3) is 0 Å². The van der Waals surface area contributed by atoms with Crippen LogP contribution in [0.1, 0.15) is 27.2 Å². The Morgan fingerprint density at radius 3 is 2.73 bits per heavy atom. The number of ether oxygens (including phenoxy) is 1. The molecule has 88 valence electrons. The summed E-state index contributed by atoms with van der Waals surface area (Å²) in [5, 5.41) is 2.89. The van der Waals surface area contributed by atoms with E-state index in [1.165, 1.54) is 0 Å². The molecule has 1 fully saturated rings. The van der Waals surface area contributed by atoms with Crippen molar-refractivity contribution in [3.05, 3.63) is 0 Å². The number of carbonyl (C=O) groups is 1. The van der Waals surface area contributed by atoms with Crippen LogP contribution < -0.4 is 11.1 Å². The van der Waals surface area contributed by atoms with Crippen LogP contribution in [0.4, 0.5) is 0 Å². The maximum Gasteiger partial charge on any atom is 0.237 e. The number of hydrogen-bond acceptors (Lipinski definition) is 3. The molecule has 0 radical (unpaired) electrons. The normalized spacial score (nSPS) is 28.1. The number of hydrogen-bond donors (Lipinski definition) is 2. The Kier molecular flexibility index (Phi) is 4.54. The molecule has 3 N–H and O–H groups in total. The molecule has 1 heterocycles. The Morgan fingerprint density at radius 2 is 2.27 bits per heavy atom. The smallest absolute Gasteiger partial charge is 0.237 e. The van der Waals surface area contributed by atoms with E-state index in [2.05, 4.69) is 5.32 Å². The summed E-state index contributed by atoms with van der Waals surface area (Å²) in [6, 6.07) is -0.400. The third-order valence-electron chi connectivity index (χ3n) is 3.09. The van der Waals surface area contributed by atoms with Crippen molar-refractivity contribution in [1.82, 2.24) is 5.32 Å². The van der Waals surface area contributed by atoms with E-state index < -0.39 is 6.04 Å². The summed E-state index contributed by atoms with van der Waals surface area (Å²) >= 11 is 0. The van der Waals surface area contributed by atoms with Crippen LogP contribution >= 0.6 is 0 Å². The summed E-state index contributed by atoms with van der Waals surface area (Å²) in [7, 11) is 0. The Hall–Kier alpha value is -0.610. The molecule has 0 spiro atoms. The number of nitrogens with two attached hydrogens (primary N) is 1. The second-order valence-electron chi connectivity index (χ2n) is 4.64. The maximum absolute atomic E-state index is 11.6. The minimum atomic E-state index is -0.400. The summed E-state index contributed by atoms with van der Waals surface area (Å²) in [4.78, 5) is 11.6. The highest BCUT2D eigenvalue weighted by molar-refractivity contribution is 5.81. The summed E-state index contributed by atoms with van der Waals surface area (Å²) in [5.41, 5.74) is 5.74. The SMILES string of the molecule is CC1OCCC1CNC(=O)[C@@H](N)C(C)C. The highest BCUT2D eigenvalue weighted by atomic mass is 16.5. The molecule has 0 saturated carbocycles. The van der Waals surface area contributed by atoms with Crippen LogP contribution in [-0.2, 0) is 9.53 Å². The zero-order valence-electron chi connectivity index (χ0n) is 9.82. The van der Waals surface area contributed by atoms with Crippen molar-refractivity contribution in [2.45, 2.75) is 39.3 Å². The van der Waals surface area contributed by atoms with Crippen molar-refractivity contribution in [2.75, 3.05) is 13.2 Å². The van der Waals surface area contributed by atoms with Crippen molar-refractivity contribution in [2.24, 2.45) is 17.6 Å². The monoisotopic (exact) mass is 214 g/mol. The molecule has 4 heteroatoms. The summed E-state index contributed by atoms with van der Waals surface area (Å²) in [6.45, 7) is 7.43. The van der Waals surface area contributed by atoms with Crippen LogP contribution in [0.5, 0.6) is 0 Å². The average molecular weight is 214 g/mol. The van der Waals surface area contributed by atoms with E-state index in [1.54, 1.807) is 0 Å². The molecule has 1 aliphatic rings. The molecule has 0 bridgehead atoms. The highest BCUT2D eigenvalue weighted by Crippen LogP contribution is 2.19. The molecule has 1 rings (SSSR count). The van der Waals surface area contributed by atoms with Gasteiger partial charge in [0.2, 0.25) is 5.91 Å². The van der Waals surface area contributed by atoms with E-state index in [0.717, 1.165) is 13.0 Å². The van der Waals surface area contributed by atoms with Crippen LogP contribution in [0.25, 0.3) is 0 Å². The molecule has 1 aliphatic heterocycles. The Bertz CT molecular complexity index is 219. The molecule has 0 aromatic rings. The van der Waals surface area contributed by atoms with Crippen LogP contribution in [0.15, 0.2) is 0 Å².